The molecular formula is C15H17Cl2N5OS. The van der Waals surface area contributed by atoms with Crippen molar-refractivity contribution >= 4 is 46.4 Å². The Morgan fingerprint density at radius 1 is 1.33 bits per heavy atom. The first-order valence-corrected chi connectivity index (χ1v) is 8.30. The van der Waals surface area contributed by atoms with E-state index in [1.165, 1.54) is 17.8 Å². The van der Waals surface area contributed by atoms with Crippen LogP contribution in [0.2, 0.25) is 0 Å². The number of hydrogen-bond acceptors (Lipinski definition) is 5. The molecule has 4 heterocycles. The third-order valence-corrected chi connectivity index (χ3v) is 5.95. The molecule has 3 atom stereocenters. The van der Waals surface area contributed by atoms with Gasteiger partial charge in [-0.3, -0.25) is 9.89 Å². The summed E-state index contributed by atoms with van der Waals surface area (Å²) in [5.41, 5.74) is 2.78. The lowest BCUT2D eigenvalue weighted by atomic mass is 10.2. The fourth-order valence-corrected chi connectivity index (χ4v) is 4.54. The van der Waals surface area contributed by atoms with Crippen LogP contribution in [0, 0.1) is 18.8 Å². The standard InChI is InChI=1S/C15H15N5OS.2ClH/c1-6-9(5-17-20-6)11-3-10-13(22-11)15(21)19-14(18-10)12-8-2-7(8)4-16-12;;/h3,5,7-8,12,16H,2,4H2,1H3,(H,17,20)(H,18,19,21);2*1H. The van der Waals surface area contributed by atoms with E-state index >= 15 is 0 Å². The molecule has 1 saturated carbocycles. The highest BCUT2D eigenvalue weighted by Gasteiger charge is 2.49. The molecule has 1 aliphatic carbocycles. The summed E-state index contributed by atoms with van der Waals surface area (Å²) in [4.78, 5) is 21.1. The van der Waals surface area contributed by atoms with Crippen LogP contribution >= 0.6 is 36.2 Å². The average molecular weight is 386 g/mol. The van der Waals surface area contributed by atoms with Crippen LogP contribution < -0.4 is 10.9 Å². The van der Waals surface area contributed by atoms with Gasteiger partial charge in [-0.05, 0) is 37.8 Å². The van der Waals surface area contributed by atoms with Crippen LogP contribution in [0.3, 0.4) is 0 Å². The van der Waals surface area contributed by atoms with Crippen molar-refractivity contribution in [3.05, 3.63) is 34.1 Å². The van der Waals surface area contributed by atoms with Crippen molar-refractivity contribution in [3.63, 3.8) is 0 Å². The van der Waals surface area contributed by atoms with Gasteiger partial charge in [-0.1, -0.05) is 0 Å². The highest BCUT2D eigenvalue weighted by molar-refractivity contribution is 7.22. The van der Waals surface area contributed by atoms with E-state index in [9.17, 15) is 4.79 Å². The fourth-order valence-electron chi connectivity index (χ4n) is 3.48. The molecular weight excluding hydrogens is 369 g/mol. The van der Waals surface area contributed by atoms with Crippen molar-refractivity contribution in [1.29, 1.82) is 0 Å². The molecule has 0 radical (unpaired) electrons. The molecule has 0 bridgehead atoms. The molecule has 0 spiro atoms. The quantitative estimate of drug-likeness (QED) is 0.632. The number of piperidine rings is 1. The summed E-state index contributed by atoms with van der Waals surface area (Å²) in [6.07, 6.45) is 3.05. The zero-order valence-corrected chi connectivity index (χ0v) is 15.3. The lowest BCUT2D eigenvalue weighted by molar-refractivity contribution is 0.532. The molecule has 128 valence electrons. The van der Waals surface area contributed by atoms with Gasteiger partial charge in [0.1, 0.15) is 10.5 Å². The Labute approximate surface area is 154 Å². The van der Waals surface area contributed by atoms with Gasteiger partial charge in [-0.25, -0.2) is 4.98 Å². The summed E-state index contributed by atoms with van der Waals surface area (Å²) in [6.45, 7) is 3.02. The van der Waals surface area contributed by atoms with Crippen LogP contribution in [0.5, 0.6) is 0 Å². The second-order valence-electron chi connectivity index (χ2n) is 6.23. The number of H-pyrrole nitrogens is 2. The topological polar surface area (TPSA) is 86.5 Å². The van der Waals surface area contributed by atoms with Crippen molar-refractivity contribution in [3.8, 4) is 10.4 Å². The van der Waals surface area contributed by atoms with Crippen LogP contribution in [-0.4, -0.2) is 26.7 Å². The molecule has 9 heteroatoms. The van der Waals surface area contributed by atoms with Crippen molar-refractivity contribution in [2.24, 2.45) is 11.8 Å². The van der Waals surface area contributed by atoms with Crippen LogP contribution in [-0.2, 0) is 0 Å². The SMILES string of the molecule is Cc1[nH]ncc1-c1cc2nc(C3NCC4CC43)[nH]c(=O)c2s1.Cl.Cl. The molecule has 3 aromatic heterocycles. The largest absolute Gasteiger partial charge is 0.308 e. The minimum absolute atomic E-state index is 0. The molecule has 1 aliphatic heterocycles. The van der Waals surface area contributed by atoms with Crippen LogP contribution in [0.15, 0.2) is 17.1 Å². The van der Waals surface area contributed by atoms with E-state index in [2.05, 4.69) is 20.5 Å². The number of aromatic nitrogens is 4. The van der Waals surface area contributed by atoms with Crippen molar-refractivity contribution in [2.75, 3.05) is 6.54 Å². The monoisotopic (exact) mass is 385 g/mol. The molecule has 2 fully saturated rings. The van der Waals surface area contributed by atoms with E-state index in [4.69, 9.17) is 4.98 Å². The predicted octanol–water partition coefficient (Wildman–Crippen LogP) is 2.81. The van der Waals surface area contributed by atoms with Gasteiger partial charge in [-0.15, -0.1) is 36.2 Å². The molecule has 3 N–H and O–H groups in total. The Morgan fingerprint density at radius 3 is 2.79 bits per heavy atom. The van der Waals surface area contributed by atoms with Gasteiger partial charge in [0.25, 0.3) is 5.56 Å². The fraction of sp³-hybridized carbons (Fsp3) is 0.400. The van der Waals surface area contributed by atoms with Gasteiger partial charge in [0.2, 0.25) is 0 Å². The van der Waals surface area contributed by atoms with E-state index in [1.54, 1.807) is 6.20 Å². The van der Waals surface area contributed by atoms with E-state index in [0.29, 0.717) is 10.6 Å². The lowest BCUT2D eigenvalue weighted by Gasteiger charge is -2.11. The summed E-state index contributed by atoms with van der Waals surface area (Å²) in [6, 6.07) is 2.21. The van der Waals surface area contributed by atoms with Gasteiger partial charge in [-0.2, -0.15) is 5.10 Å². The molecule has 2 aliphatic rings. The molecule has 5 rings (SSSR count). The van der Waals surface area contributed by atoms with E-state index in [-0.39, 0.29) is 36.4 Å². The number of aryl methyl sites for hydroxylation is 1. The highest BCUT2D eigenvalue weighted by Crippen LogP contribution is 2.50. The van der Waals surface area contributed by atoms with E-state index in [0.717, 1.165) is 39.9 Å². The first kappa shape index (κ1) is 17.4. The zero-order valence-electron chi connectivity index (χ0n) is 12.8. The molecule has 3 unspecified atom stereocenters. The number of nitrogens with one attached hydrogen (secondary N) is 3. The van der Waals surface area contributed by atoms with Gasteiger partial charge in [0.15, 0.2) is 0 Å². The number of thiophene rings is 1. The Bertz CT molecular complexity index is 949. The third kappa shape index (κ3) is 2.56. The summed E-state index contributed by atoms with van der Waals surface area (Å²) in [5.74, 6) is 2.21. The molecule has 0 amide bonds. The molecule has 1 saturated heterocycles. The van der Waals surface area contributed by atoms with Gasteiger partial charge < -0.3 is 10.3 Å². The Kier molecular flexibility index (Phi) is 4.46. The summed E-state index contributed by atoms with van der Waals surface area (Å²) < 4.78 is 0.685. The summed E-state index contributed by atoms with van der Waals surface area (Å²) in [5, 5.41) is 10.4. The number of rotatable bonds is 2. The van der Waals surface area contributed by atoms with E-state index in [1.807, 2.05) is 13.0 Å². The van der Waals surface area contributed by atoms with Crippen molar-refractivity contribution in [2.45, 2.75) is 19.4 Å². The number of hydrogen-bond donors (Lipinski definition) is 3. The highest BCUT2D eigenvalue weighted by atomic mass is 35.5. The van der Waals surface area contributed by atoms with Gasteiger partial charge >= 0.3 is 0 Å². The van der Waals surface area contributed by atoms with E-state index < -0.39 is 0 Å². The van der Waals surface area contributed by atoms with Crippen molar-refractivity contribution in [1.82, 2.24) is 25.5 Å². The molecule has 3 aromatic rings. The molecule has 0 aromatic carbocycles. The van der Waals surface area contributed by atoms with Crippen molar-refractivity contribution < 1.29 is 0 Å². The zero-order chi connectivity index (χ0) is 14.8. The summed E-state index contributed by atoms with van der Waals surface area (Å²) >= 11 is 1.47. The first-order chi connectivity index (χ1) is 10.7. The molecule has 24 heavy (non-hydrogen) atoms. The third-order valence-electron chi connectivity index (χ3n) is 4.80. The maximum Gasteiger partial charge on any atom is 0.268 e. The predicted molar refractivity (Wildman–Crippen MR) is 99.4 cm³/mol. The van der Waals surface area contributed by atoms with Crippen LogP contribution in [0.25, 0.3) is 20.7 Å². The van der Waals surface area contributed by atoms with Crippen LogP contribution in [0.4, 0.5) is 0 Å². The number of nitrogens with zero attached hydrogens (tertiary/aromatic N) is 2. The summed E-state index contributed by atoms with van der Waals surface area (Å²) in [7, 11) is 0. The smallest absolute Gasteiger partial charge is 0.268 e. The Hall–Kier alpha value is -1.41. The molecule has 6 nitrogen and oxygen atoms in total. The second-order valence-corrected chi connectivity index (χ2v) is 7.28. The first-order valence-electron chi connectivity index (χ1n) is 7.48. The maximum absolute atomic E-state index is 12.4. The maximum atomic E-state index is 12.4. The Balaban J connectivity index is 0.000000845. The normalized spacial score (nSPS) is 24.3. The minimum Gasteiger partial charge on any atom is -0.308 e. The number of halogens is 2. The Morgan fingerprint density at radius 2 is 2.17 bits per heavy atom. The number of aromatic amines is 2. The minimum atomic E-state index is -0.0386. The van der Waals surface area contributed by atoms with Gasteiger partial charge in [0.05, 0.1) is 17.8 Å². The second kappa shape index (κ2) is 6.15. The van der Waals surface area contributed by atoms with Gasteiger partial charge in [0, 0.05) is 16.1 Å². The van der Waals surface area contributed by atoms with Crippen LogP contribution in [0.1, 0.15) is 24.0 Å². The lowest BCUT2D eigenvalue weighted by Crippen LogP contribution is -2.23. The number of fused-ring (bicyclic) bond motifs is 2. The average Bonchev–Trinajstić information content (AvgIpc) is 2.89.